The summed E-state index contributed by atoms with van der Waals surface area (Å²) >= 11 is 0. The molecule has 0 aliphatic carbocycles. The minimum atomic E-state index is -4.96. The van der Waals surface area contributed by atoms with Gasteiger partial charge in [0.2, 0.25) is 5.91 Å². The van der Waals surface area contributed by atoms with Crippen molar-refractivity contribution in [3.05, 3.63) is 0 Å². The van der Waals surface area contributed by atoms with Gasteiger partial charge in [0, 0.05) is 25.9 Å². The van der Waals surface area contributed by atoms with E-state index in [1.54, 1.807) is 5.32 Å². The Bertz CT molecular complexity index is 317. The van der Waals surface area contributed by atoms with Crippen molar-refractivity contribution in [2.24, 2.45) is 0 Å². The Balaban J connectivity index is 3.60. The molecule has 0 saturated carbocycles. The first-order chi connectivity index (χ1) is 8.23. The van der Waals surface area contributed by atoms with Gasteiger partial charge in [-0.15, -0.1) is 0 Å². The van der Waals surface area contributed by atoms with E-state index < -0.39 is 30.5 Å². The zero-order valence-corrected chi connectivity index (χ0v) is 9.34. The molecule has 0 heterocycles. The van der Waals surface area contributed by atoms with Crippen LogP contribution in [0.2, 0.25) is 0 Å². The van der Waals surface area contributed by atoms with Gasteiger partial charge in [0.1, 0.15) is 0 Å². The fourth-order valence-electron chi connectivity index (χ4n) is 0.946. The highest BCUT2D eigenvalue weighted by Gasteiger charge is 2.38. The molecule has 0 aromatic heterocycles. The first-order valence-corrected chi connectivity index (χ1v) is 5.07. The fourth-order valence-corrected chi connectivity index (χ4v) is 0.946. The predicted octanol–water partition coefficient (Wildman–Crippen LogP) is 0.0360. The van der Waals surface area contributed by atoms with Crippen LogP contribution >= 0.6 is 0 Å². The minimum absolute atomic E-state index is 0.106. The molecule has 0 bridgehead atoms. The molecule has 9 heteroatoms. The number of carbonyl (C=O) groups is 3. The van der Waals surface area contributed by atoms with E-state index in [1.165, 1.54) is 0 Å². The standard InChI is InChI=1S/C9H13F3N2O4/c10-9(11,12)8(18)14-5-3-6(15)13-4-1-2-7(16)17/h1-5H2,(H,13,15)(H,14,18)(H,16,17). The molecular formula is C9H13F3N2O4. The highest BCUT2D eigenvalue weighted by Crippen LogP contribution is 2.13. The highest BCUT2D eigenvalue weighted by atomic mass is 19.4. The summed E-state index contributed by atoms with van der Waals surface area (Å²) in [5.41, 5.74) is 0. The SMILES string of the molecule is O=C(O)CCCNC(=O)CCNC(=O)C(F)(F)F. The first-order valence-electron chi connectivity index (χ1n) is 5.07. The molecule has 0 saturated heterocycles. The van der Waals surface area contributed by atoms with Crippen LogP contribution in [-0.4, -0.2) is 42.2 Å². The molecule has 0 aliphatic heterocycles. The van der Waals surface area contributed by atoms with Crippen molar-refractivity contribution in [2.75, 3.05) is 13.1 Å². The van der Waals surface area contributed by atoms with Crippen LogP contribution in [0.15, 0.2) is 0 Å². The zero-order valence-electron chi connectivity index (χ0n) is 9.34. The molecule has 0 radical (unpaired) electrons. The van der Waals surface area contributed by atoms with Gasteiger partial charge in [-0.1, -0.05) is 0 Å². The average Bonchev–Trinajstić information content (AvgIpc) is 2.22. The largest absolute Gasteiger partial charge is 0.481 e. The smallest absolute Gasteiger partial charge is 0.471 e. The van der Waals surface area contributed by atoms with E-state index in [2.05, 4.69) is 5.32 Å². The molecule has 104 valence electrons. The van der Waals surface area contributed by atoms with Crippen molar-refractivity contribution in [1.82, 2.24) is 10.6 Å². The number of hydrogen-bond donors (Lipinski definition) is 3. The first kappa shape index (κ1) is 16.2. The number of aliphatic carboxylic acids is 1. The van der Waals surface area contributed by atoms with E-state index in [0.717, 1.165) is 0 Å². The Morgan fingerprint density at radius 1 is 1.00 bits per heavy atom. The molecule has 0 aliphatic rings. The Labute approximate surface area is 101 Å². The number of halogens is 3. The van der Waals surface area contributed by atoms with Crippen LogP contribution in [0.4, 0.5) is 13.2 Å². The van der Waals surface area contributed by atoms with Crippen molar-refractivity contribution >= 4 is 17.8 Å². The summed E-state index contributed by atoms with van der Waals surface area (Å²) in [5.74, 6) is -3.65. The third-order valence-corrected chi connectivity index (χ3v) is 1.78. The van der Waals surface area contributed by atoms with Crippen LogP contribution in [0, 0.1) is 0 Å². The molecule has 0 unspecified atom stereocenters. The van der Waals surface area contributed by atoms with E-state index in [9.17, 15) is 27.6 Å². The van der Waals surface area contributed by atoms with Gasteiger partial charge in [0.05, 0.1) is 0 Å². The van der Waals surface area contributed by atoms with Crippen LogP contribution in [0.25, 0.3) is 0 Å². The van der Waals surface area contributed by atoms with Crippen molar-refractivity contribution in [1.29, 1.82) is 0 Å². The van der Waals surface area contributed by atoms with E-state index in [0.29, 0.717) is 0 Å². The lowest BCUT2D eigenvalue weighted by Gasteiger charge is -2.08. The van der Waals surface area contributed by atoms with Gasteiger partial charge in [-0.3, -0.25) is 14.4 Å². The Morgan fingerprint density at radius 3 is 2.11 bits per heavy atom. The summed E-state index contributed by atoms with van der Waals surface area (Å²) in [4.78, 5) is 31.5. The molecule has 0 fully saturated rings. The predicted molar refractivity (Wildman–Crippen MR) is 53.6 cm³/mol. The zero-order chi connectivity index (χ0) is 14.2. The average molecular weight is 270 g/mol. The Kier molecular flexibility index (Phi) is 6.76. The summed E-state index contributed by atoms with van der Waals surface area (Å²) in [6, 6.07) is 0. The van der Waals surface area contributed by atoms with Crippen LogP contribution in [0.3, 0.4) is 0 Å². The number of hydrogen-bond acceptors (Lipinski definition) is 3. The quantitative estimate of drug-likeness (QED) is 0.569. The summed E-state index contributed by atoms with van der Waals surface area (Å²) in [6.07, 6.45) is -5.13. The fraction of sp³-hybridized carbons (Fsp3) is 0.667. The van der Waals surface area contributed by atoms with E-state index in [4.69, 9.17) is 5.11 Å². The second-order valence-electron chi connectivity index (χ2n) is 3.35. The molecule has 0 spiro atoms. The lowest BCUT2D eigenvalue weighted by molar-refractivity contribution is -0.173. The van der Waals surface area contributed by atoms with Crippen molar-refractivity contribution in [3.63, 3.8) is 0 Å². The number of alkyl halides is 3. The van der Waals surface area contributed by atoms with E-state index in [-0.39, 0.29) is 25.8 Å². The lowest BCUT2D eigenvalue weighted by Crippen LogP contribution is -2.39. The van der Waals surface area contributed by atoms with Crippen LogP contribution < -0.4 is 10.6 Å². The van der Waals surface area contributed by atoms with Crippen LogP contribution in [-0.2, 0) is 14.4 Å². The molecular weight excluding hydrogens is 257 g/mol. The number of carboxylic acid groups (broad SMARTS) is 1. The molecule has 0 atom stereocenters. The molecule has 18 heavy (non-hydrogen) atoms. The van der Waals surface area contributed by atoms with Crippen molar-refractivity contribution < 1.29 is 32.7 Å². The maximum absolute atomic E-state index is 11.7. The maximum Gasteiger partial charge on any atom is 0.471 e. The number of amides is 2. The van der Waals surface area contributed by atoms with E-state index >= 15 is 0 Å². The van der Waals surface area contributed by atoms with Gasteiger partial charge < -0.3 is 15.7 Å². The van der Waals surface area contributed by atoms with Crippen LogP contribution in [0.1, 0.15) is 19.3 Å². The minimum Gasteiger partial charge on any atom is -0.481 e. The van der Waals surface area contributed by atoms with Gasteiger partial charge >= 0.3 is 18.1 Å². The number of nitrogens with one attached hydrogen (secondary N) is 2. The number of rotatable bonds is 7. The van der Waals surface area contributed by atoms with Gasteiger partial charge in [0.15, 0.2) is 0 Å². The summed E-state index contributed by atoms with van der Waals surface area (Å²) < 4.78 is 35.2. The highest BCUT2D eigenvalue weighted by molar-refractivity contribution is 5.82. The summed E-state index contributed by atoms with van der Waals surface area (Å²) in [6.45, 7) is -0.304. The van der Waals surface area contributed by atoms with Gasteiger partial charge in [0.25, 0.3) is 0 Å². The second-order valence-corrected chi connectivity index (χ2v) is 3.35. The second kappa shape index (κ2) is 7.51. The molecule has 3 N–H and O–H groups in total. The molecule has 0 aromatic carbocycles. The van der Waals surface area contributed by atoms with Crippen LogP contribution in [0.5, 0.6) is 0 Å². The molecule has 0 aromatic rings. The topological polar surface area (TPSA) is 95.5 Å². The monoisotopic (exact) mass is 270 g/mol. The Hall–Kier alpha value is -1.80. The summed E-state index contributed by atoms with van der Waals surface area (Å²) in [5, 5.41) is 12.1. The van der Waals surface area contributed by atoms with Gasteiger partial charge in [-0.05, 0) is 6.42 Å². The number of carbonyl (C=O) groups excluding carboxylic acids is 2. The molecule has 2 amide bonds. The Morgan fingerprint density at radius 2 is 1.61 bits per heavy atom. The third-order valence-electron chi connectivity index (χ3n) is 1.78. The lowest BCUT2D eigenvalue weighted by atomic mass is 10.3. The van der Waals surface area contributed by atoms with Gasteiger partial charge in [-0.25, -0.2) is 0 Å². The summed E-state index contributed by atoms with van der Waals surface area (Å²) in [7, 11) is 0. The van der Waals surface area contributed by atoms with Crippen molar-refractivity contribution in [3.8, 4) is 0 Å². The third kappa shape index (κ3) is 8.36. The van der Waals surface area contributed by atoms with Gasteiger partial charge in [-0.2, -0.15) is 13.2 Å². The number of carboxylic acids is 1. The van der Waals surface area contributed by atoms with E-state index in [1.807, 2.05) is 0 Å². The normalized spacial score (nSPS) is 10.8. The van der Waals surface area contributed by atoms with Crippen molar-refractivity contribution in [2.45, 2.75) is 25.4 Å². The molecule has 6 nitrogen and oxygen atoms in total. The maximum atomic E-state index is 11.7. The molecule has 0 rings (SSSR count).